The molecule has 0 spiro atoms. The minimum atomic E-state index is 0.105. The second kappa shape index (κ2) is 2.81. The van der Waals surface area contributed by atoms with Gasteiger partial charge in [0.15, 0.2) is 0 Å². The summed E-state index contributed by atoms with van der Waals surface area (Å²) >= 11 is 0.105. The predicted molar refractivity (Wildman–Crippen MR) is 55.0 cm³/mol. The van der Waals surface area contributed by atoms with Gasteiger partial charge in [0.25, 0.3) is 0 Å². The third-order valence-electron chi connectivity index (χ3n) is 1.41. The average Bonchev–Trinajstić information content (AvgIpc) is 2.04. The molecule has 0 unspecified atom stereocenters. The summed E-state index contributed by atoms with van der Waals surface area (Å²) in [6.07, 6.45) is 3.87. The Labute approximate surface area is 75.1 Å². The zero-order chi connectivity index (χ0) is 7.68. The van der Waals surface area contributed by atoms with Crippen LogP contribution in [0.5, 0.6) is 0 Å². The van der Waals surface area contributed by atoms with Gasteiger partial charge in [-0.1, -0.05) is 20.7 Å². The van der Waals surface area contributed by atoms with Crippen molar-refractivity contribution in [3.8, 4) is 0 Å². The highest BCUT2D eigenvalue weighted by atomic mass is 127. The third kappa shape index (κ3) is 1.38. The second-order valence-electron chi connectivity index (χ2n) is 2.31. The zero-order valence-corrected chi connectivity index (χ0v) is 8.24. The lowest BCUT2D eigenvalue weighted by molar-refractivity contribution is 1.09. The SMILES string of the molecule is Cc1cnc2c(n1)C=IC=C2. The van der Waals surface area contributed by atoms with Crippen molar-refractivity contribution in [3.63, 3.8) is 0 Å². The summed E-state index contributed by atoms with van der Waals surface area (Å²) in [4.78, 5) is 8.63. The summed E-state index contributed by atoms with van der Waals surface area (Å²) in [7, 11) is 0. The summed E-state index contributed by atoms with van der Waals surface area (Å²) in [5.41, 5.74) is 3.08. The number of aromatic nitrogens is 2. The summed E-state index contributed by atoms with van der Waals surface area (Å²) in [5, 5.41) is 0. The molecule has 56 valence electrons. The quantitative estimate of drug-likeness (QED) is 0.664. The van der Waals surface area contributed by atoms with E-state index in [1.54, 1.807) is 6.20 Å². The Morgan fingerprint density at radius 2 is 2.27 bits per heavy atom. The molecule has 1 aromatic rings. The van der Waals surface area contributed by atoms with Crippen LogP contribution >= 0.6 is 20.7 Å². The van der Waals surface area contributed by atoms with E-state index >= 15 is 0 Å². The maximum Gasteiger partial charge on any atom is 0.0946 e. The summed E-state index contributed by atoms with van der Waals surface area (Å²) in [6, 6.07) is 0. The van der Waals surface area contributed by atoms with Gasteiger partial charge >= 0.3 is 0 Å². The van der Waals surface area contributed by atoms with Gasteiger partial charge in [0, 0.05) is 6.20 Å². The first-order valence-corrected chi connectivity index (χ1v) is 5.81. The number of hydrogen-bond acceptors (Lipinski definition) is 2. The topological polar surface area (TPSA) is 25.8 Å². The molecular weight excluding hydrogens is 251 g/mol. The van der Waals surface area contributed by atoms with Crippen LogP contribution in [0.25, 0.3) is 6.08 Å². The highest BCUT2D eigenvalue weighted by Crippen LogP contribution is 2.14. The van der Waals surface area contributed by atoms with Crippen molar-refractivity contribution in [2.75, 3.05) is 0 Å². The maximum atomic E-state index is 4.37. The fraction of sp³-hybridized carbons (Fsp3) is 0.125. The van der Waals surface area contributed by atoms with Gasteiger partial charge in [-0.25, -0.2) is 4.98 Å². The first-order valence-electron chi connectivity index (χ1n) is 3.31. The van der Waals surface area contributed by atoms with Gasteiger partial charge in [-0.3, -0.25) is 4.98 Å². The van der Waals surface area contributed by atoms with E-state index in [0.29, 0.717) is 0 Å². The lowest BCUT2D eigenvalue weighted by Crippen LogP contribution is -1.97. The van der Waals surface area contributed by atoms with Crippen molar-refractivity contribution in [1.82, 2.24) is 9.97 Å². The van der Waals surface area contributed by atoms with E-state index < -0.39 is 0 Å². The molecule has 2 nitrogen and oxygen atoms in total. The molecule has 2 rings (SSSR count). The van der Waals surface area contributed by atoms with Crippen LogP contribution in [0.4, 0.5) is 0 Å². The minimum absolute atomic E-state index is 0.105. The van der Waals surface area contributed by atoms with Crippen LogP contribution in [0, 0.1) is 6.92 Å². The first-order chi connectivity index (χ1) is 5.36. The van der Waals surface area contributed by atoms with Crippen LogP contribution < -0.4 is 0 Å². The van der Waals surface area contributed by atoms with E-state index in [-0.39, 0.29) is 20.7 Å². The molecule has 2 heterocycles. The fourth-order valence-electron chi connectivity index (χ4n) is 0.906. The van der Waals surface area contributed by atoms with Crippen LogP contribution in [0.2, 0.25) is 0 Å². The van der Waals surface area contributed by atoms with Crippen molar-refractivity contribution < 1.29 is 0 Å². The molecule has 0 fully saturated rings. The molecule has 1 aliphatic heterocycles. The molecule has 3 heteroatoms. The molecule has 0 N–H and O–H groups in total. The molecule has 11 heavy (non-hydrogen) atoms. The Bertz CT molecular complexity index is 342. The Hall–Kier alpha value is -0.580. The van der Waals surface area contributed by atoms with E-state index in [1.807, 2.05) is 6.92 Å². The number of nitrogens with zero attached hydrogens (tertiary/aromatic N) is 2. The Balaban J connectivity index is 2.63. The molecule has 0 aromatic carbocycles. The highest BCUT2D eigenvalue weighted by molar-refractivity contribution is 14.2. The molecule has 0 saturated heterocycles. The molecule has 0 radical (unpaired) electrons. The van der Waals surface area contributed by atoms with E-state index in [9.17, 15) is 0 Å². The largest absolute Gasteiger partial charge is 0.253 e. The number of hydrogen-bond donors (Lipinski definition) is 0. The van der Waals surface area contributed by atoms with E-state index in [0.717, 1.165) is 17.1 Å². The normalized spacial score (nSPS) is 13.9. The third-order valence-corrected chi connectivity index (χ3v) is 3.13. The van der Waals surface area contributed by atoms with Crippen LogP contribution in [0.1, 0.15) is 17.1 Å². The molecule has 0 atom stereocenters. The van der Waals surface area contributed by atoms with Crippen LogP contribution in [-0.4, -0.2) is 14.0 Å². The summed E-state index contributed by atoms with van der Waals surface area (Å²) < 4.78 is 4.40. The molecule has 0 bridgehead atoms. The molecule has 1 aliphatic rings. The summed E-state index contributed by atoms with van der Waals surface area (Å²) in [6.45, 7) is 1.97. The average molecular weight is 258 g/mol. The monoisotopic (exact) mass is 258 g/mol. The lowest BCUT2D eigenvalue weighted by Gasteiger charge is -2.02. The van der Waals surface area contributed by atoms with Crippen LogP contribution in [0.3, 0.4) is 0 Å². The predicted octanol–water partition coefficient (Wildman–Crippen LogP) is 1.89. The maximum absolute atomic E-state index is 4.37. The standard InChI is InChI=1S/C8H7IN2/c1-6-5-10-7-2-3-9-4-8(7)11-6/h2-5H,1H3. The lowest BCUT2D eigenvalue weighted by atomic mass is 10.3. The second-order valence-corrected chi connectivity index (χ2v) is 4.37. The Morgan fingerprint density at radius 1 is 1.36 bits per heavy atom. The van der Waals surface area contributed by atoms with Gasteiger partial charge in [-0.05, 0) is 21.1 Å². The van der Waals surface area contributed by atoms with E-state index in [4.69, 9.17) is 0 Å². The molecular formula is C8H7IN2. The van der Waals surface area contributed by atoms with Gasteiger partial charge in [0.05, 0.1) is 17.1 Å². The Kier molecular flexibility index (Phi) is 1.81. The number of halogens is 1. The summed E-state index contributed by atoms with van der Waals surface area (Å²) in [5.74, 6) is 0. The van der Waals surface area contributed by atoms with Crippen molar-refractivity contribution in [3.05, 3.63) is 27.4 Å². The van der Waals surface area contributed by atoms with E-state index in [1.165, 1.54) is 0 Å². The number of fused-ring (bicyclic) bond motifs is 1. The fourth-order valence-corrected chi connectivity index (χ4v) is 2.46. The minimum Gasteiger partial charge on any atom is -0.253 e. The van der Waals surface area contributed by atoms with Gasteiger partial charge in [-0.2, -0.15) is 0 Å². The van der Waals surface area contributed by atoms with Crippen LogP contribution in [-0.2, 0) is 0 Å². The van der Waals surface area contributed by atoms with E-state index in [2.05, 4.69) is 24.1 Å². The molecule has 0 saturated carbocycles. The van der Waals surface area contributed by atoms with Crippen molar-refractivity contribution in [2.45, 2.75) is 6.92 Å². The number of rotatable bonds is 0. The van der Waals surface area contributed by atoms with Gasteiger partial charge in [0.1, 0.15) is 0 Å². The first kappa shape index (κ1) is 7.09. The van der Waals surface area contributed by atoms with Gasteiger partial charge < -0.3 is 0 Å². The van der Waals surface area contributed by atoms with Crippen molar-refractivity contribution in [2.24, 2.45) is 0 Å². The molecule has 1 aromatic heterocycles. The van der Waals surface area contributed by atoms with Crippen LogP contribution in [0.15, 0.2) is 10.3 Å². The number of aryl methyl sites for hydroxylation is 1. The zero-order valence-electron chi connectivity index (χ0n) is 6.08. The molecule has 0 aliphatic carbocycles. The van der Waals surface area contributed by atoms with Crippen molar-refractivity contribution >= 4 is 30.8 Å². The highest BCUT2D eigenvalue weighted by Gasteiger charge is 2.01. The Morgan fingerprint density at radius 3 is 3.18 bits per heavy atom. The van der Waals surface area contributed by atoms with Crippen molar-refractivity contribution in [1.29, 1.82) is 0 Å². The smallest absolute Gasteiger partial charge is 0.0946 e. The molecule has 0 amide bonds. The van der Waals surface area contributed by atoms with Gasteiger partial charge in [-0.15, -0.1) is 0 Å². The van der Waals surface area contributed by atoms with Gasteiger partial charge in [0.2, 0.25) is 0 Å².